The molecule has 1 aromatic rings. The number of Topliss-reactive ketones (excluding diaryl/α,β-unsaturated/α-hetero) is 3. The molecule has 0 aliphatic heterocycles. The summed E-state index contributed by atoms with van der Waals surface area (Å²) in [7, 11) is 0. The summed E-state index contributed by atoms with van der Waals surface area (Å²) in [5.74, 6) is -5.40. The summed E-state index contributed by atoms with van der Waals surface area (Å²) >= 11 is 0. The third-order valence-corrected chi connectivity index (χ3v) is 4.09. The van der Waals surface area contributed by atoms with Gasteiger partial charge in [-0.05, 0) is 29.5 Å². The van der Waals surface area contributed by atoms with E-state index in [0.29, 0.717) is 12.0 Å². The number of ketones is 3. The van der Waals surface area contributed by atoms with Crippen LogP contribution in [0.3, 0.4) is 0 Å². The van der Waals surface area contributed by atoms with Crippen molar-refractivity contribution in [2.75, 3.05) is 0 Å². The summed E-state index contributed by atoms with van der Waals surface area (Å²) in [6.45, 7) is 3.97. The molecule has 2 rings (SSSR count). The highest BCUT2D eigenvalue weighted by molar-refractivity contribution is 6.38. The Morgan fingerprint density at radius 1 is 1.09 bits per heavy atom. The maximum atomic E-state index is 12.2. The van der Waals surface area contributed by atoms with Crippen molar-refractivity contribution >= 4 is 23.3 Å². The Labute approximate surface area is 128 Å². The van der Waals surface area contributed by atoms with Gasteiger partial charge in [0.25, 0.3) is 0 Å². The van der Waals surface area contributed by atoms with Crippen LogP contribution in [-0.4, -0.2) is 28.4 Å². The predicted octanol–water partition coefficient (Wildman–Crippen LogP) is 1.71. The molecule has 5 nitrogen and oxygen atoms in total. The lowest BCUT2D eigenvalue weighted by atomic mass is 9.65. The van der Waals surface area contributed by atoms with Crippen molar-refractivity contribution in [1.82, 2.24) is 0 Å². The molecule has 0 atom stereocenters. The molecule has 1 aliphatic carbocycles. The van der Waals surface area contributed by atoms with E-state index in [2.05, 4.69) is 0 Å². The van der Waals surface area contributed by atoms with Crippen LogP contribution in [0.2, 0.25) is 0 Å². The monoisotopic (exact) mass is 302 g/mol. The standard InChI is InChI=1S/C17H18O5/c1-3-9-5-6-11(10(4-2)7-9)14-16(21)15(17(14)22)12(18)8-13(19)20/h5-7,14-15H,3-4,8H2,1-2H3,(H,19,20). The molecule has 0 bridgehead atoms. The van der Waals surface area contributed by atoms with Gasteiger partial charge in [-0.2, -0.15) is 0 Å². The molecular weight excluding hydrogens is 284 g/mol. The first-order valence-electron chi connectivity index (χ1n) is 7.34. The van der Waals surface area contributed by atoms with Gasteiger partial charge in [0.1, 0.15) is 18.3 Å². The van der Waals surface area contributed by atoms with Gasteiger partial charge in [0, 0.05) is 0 Å². The van der Waals surface area contributed by atoms with E-state index in [0.717, 1.165) is 17.5 Å². The fourth-order valence-electron chi connectivity index (χ4n) is 2.86. The Morgan fingerprint density at radius 3 is 2.23 bits per heavy atom. The molecule has 0 unspecified atom stereocenters. The molecule has 1 saturated carbocycles. The summed E-state index contributed by atoms with van der Waals surface area (Å²) in [4.78, 5) is 46.6. The van der Waals surface area contributed by atoms with E-state index in [1.165, 1.54) is 0 Å². The number of carboxylic acid groups (broad SMARTS) is 1. The number of carbonyl (C=O) groups excluding carboxylic acids is 3. The van der Waals surface area contributed by atoms with Crippen LogP contribution in [0.15, 0.2) is 18.2 Å². The lowest BCUT2D eigenvalue weighted by Crippen LogP contribution is -2.51. The number of carboxylic acids is 1. The molecule has 0 aromatic heterocycles. The Hall–Kier alpha value is -2.30. The smallest absolute Gasteiger partial charge is 0.310 e. The maximum Gasteiger partial charge on any atom is 0.310 e. The van der Waals surface area contributed by atoms with E-state index < -0.39 is 41.6 Å². The summed E-state index contributed by atoms with van der Waals surface area (Å²) in [5, 5.41) is 8.60. The lowest BCUT2D eigenvalue weighted by molar-refractivity contribution is -0.152. The van der Waals surface area contributed by atoms with E-state index in [4.69, 9.17) is 5.11 Å². The molecule has 5 heteroatoms. The summed E-state index contributed by atoms with van der Waals surface area (Å²) in [6, 6.07) is 5.62. The zero-order valence-electron chi connectivity index (χ0n) is 12.6. The minimum Gasteiger partial charge on any atom is -0.481 e. The lowest BCUT2D eigenvalue weighted by Gasteiger charge is -2.32. The van der Waals surface area contributed by atoms with Crippen LogP contribution in [0.1, 0.15) is 42.9 Å². The van der Waals surface area contributed by atoms with Gasteiger partial charge in [-0.1, -0.05) is 32.0 Å². The molecule has 1 aliphatic rings. The van der Waals surface area contributed by atoms with Gasteiger partial charge in [0.2, 0.25) is 0 Å². The Bertz CT molecular complexity index is 643. The van der Waals surface area contributed by atoms with E-state index in [1.807, 2.05) is 26.0 Å². The van der Waals surface area contributed by atoms with Gasteiger partial charge in [-0.3, -0.25) is 19.2 Å². The molecule has 0 amide bonds. The molecule has 0 saturated heterocycles. The van der Waals surface area contributed by atoms with E-state index in [9.17, 15) is 19.2 Å². The van der Waals surface area contributed by atoms with Gasteiger partial charge < -0.3 is 5.11 Å². The third kappa shape index (κ3) is 2.71. The largest absolute Gasteiger partial charge is 0.481 e. The first-order valence-corrected chi connectivity index (χ1v) is 7.34. The average molecular weight is 302 g/mol. The maximum absolute atomic E-state index is 12.2. The van der Waals surface area contributed by atoms with Gasteiger partial charge in [-0.25, -0.2) is 0 Å². The van der Waals surface area contributed by atoms with Crippen molar-refractivity contribution in [2.24, 2.45) is 5.92 Å². The second-order valence-corrected chi connectivity index (χ2v) is 5.45. The third-order valence-electron chi connectivity index (χ3n) is 4.09. The zero-order chi connectivity index (χ0) is 16.4. The number of aryl methyl sites for hydroxylation is 2. The number of benzene rings is 1. The van der Waals surface area contributed by atoms with E-state index in [-0.39, 0.29) is 0 Å². The molecule has 0 spiro atoms. The molecule has 1 fully saturated rings. The first kappa shape index (κ1) is 16.1. The quantitative estimate of drug-likeness (QED) is 0.808. The molecule has 1 aromatic carbocycles. The fraction of sp³-hybridized carbons (Fsp3) is 0.412. The van der Waals surface area contributed by atoms with Crippen LogP contribution in [0, 0.1) is 5.92 Å². The van der Waals surface area contributed by atoms with Gasteiger partial charge in [0.15, 0.2) is 17.3 Å². The Kier molecular flexibility index (Phi) is 4.54. The summed E-state index contributed by atoms with van der Waals surface area (Å²) < 4.78 is 0. The van der Waals surface area contributed by atoms with Gasteiger partial charge in [-0.15, -0.1) is 0 Å². The minimum absolute atomic E-state index is 0.477. The number of hydrogen-bond acceptors (Lipinski definition) is 4. The van der Waals surface area contributed by atoms with Crippen molar-refractivity contribution in [3.63, 3.8) is 0 Å². The van der Waals surface area contributed by atoms with Crippen molar-refractivity contribution in [3.05, 3.63) is 34.9 Å². The molecule has 0 heterocycles. The van der Waals surface area contributed by atoms with Crippen LogP contribution in [0.25, 0.3) is 0 Å². The molecule has 22 heavy (non-hydrogen) atoms. The Balaban J connectivity index is 2.26. The second kappa shape index (κ2) is 6.22. The van der Waals surface area contributed by atoms with Gasteiger partial charge >= 0.3 is 5.97 Å². The zero-order valence-corrected chi connectivity index (χ0v) is 12.6. The van der Waals surface area contributed by atoms with Crippen molar-refractivity contribution < 1.29 is 24.3 Å². The van der Waals surface area contributed by atoms with Gasteiger partial charge in [0.05, 0.1) is 0 Å². The summed E-state index contributed by atoms with van der Waals surface area (Å²) in [6.07, 6.45) is 0.762. The minimum atomic E-state index is -1.39. The van der Waals surface area contributed by atoms with Crippen molar-refractivity contribution in [1.29, 1.82) is 0 Å². The van der Waals surface area contributed by atoms with Crippen LogP contribution in [-0.2, 0) is 32.0 Å². The average Bonchev–Trinajstić information content (AvgIpc) is 2.46. The molecule has 116 valence electrons. The van der Waals surface area contributed by atoms with E-state index >= 15 is 0 Å². The highest BCUT2D eigenvalue weighted by atomic mass is 16.4. The summed E-state index contributed by atoms with van der Waals surface area (Å²) in [5.41, 5.74) is 2.70. The molecule has 0 radical (unpaired) electrons. The first-order chi connectivity index (χ1) is 10.4. The van der Waals surface area contributed by atoms with Crippen molar-refractivity contribution in [3.8, 4) is 0 Å². The highest BCUT2D eigenvalue weighted by Gasteiger charge is 2.53. The van der Waals surface area contributed by atoms with Crippen LogP contribution in [0.5, 0.6) is 0 Å². The number of carbonyl (C=O) groups is 4. The highest BCUT2D eigenvalue weighted by Crippen LogP contribution is 2.37. The van der Waals surface area contributed by atoms with Crippen molar-refractivity contribution in [2.45, 2.75) is 39.0 Å². The normalized spacial score (nSPS) is 20.6. The predicted molar refractivity (Wildman–Crippen MR) is 78.7 cm³/mol. The number of hydrogen-bond donors (Lipinski definition) is 1. The second-order valence-electron chi connectivity index (χ2n) is 5.45. The Morgan fingerprint density at radius 2 is 1.73 bits per heavy atom. The number of aliphatic carboxylic acids is 1. The van der Waals surface area contributed by atoms with Crippen LogP contribution in [0.4, 0.5) is 0 Å². The number of rotatable bonds is 6. The molecule has 1 N–H and O–H groups in total. The van der Waals surface area contributed by atoms with Crippen LogP contribution >= 0.6 is 0 Å². The van der Waals surface area contributed by atoms with E-state index in [1.54, 1.807) is 6.07 Å². The molecular formula is C17H18O5. The fourth-order valence-corrected chi connectivity index (χ4v) is 2.86. The SMILES string of the molecule is CCc1ccc(C2C(=O)C(C(=O)CC(=O)O)C2=O)c(CC)c1. The topological polar surface area (TPSA) is 88.5 Å². The van der Waals surface area contributed by atoms with Crippen LogP contribution < -0.4 is 0 Å².